The van der Waals surface area contributed by atoms with Gasteiger partial charge in [0, 0.05) is 19.7 Å². The van der Waals surface area contributed by atoms with Crippen molar-refractivity contribution in [1.29, 1.82) is 5.26 Å². The third kappa shape index (κ3) is 4.77. The second-order valence-electron chi connectivity index (χ2n) is 5.99. The highest BCUT2D eigenvalue weighted by atomic mass is 16.5. The first-order chi connectivity index (χ1) is 13.2. The van der Waals surface area contributed by atoms with Crippen LogP contribution in [0.1, 0.15) is 29.6 Å². The van der Waals surface area contributed by atoms with Crippen LogP contribution >= 0.6 is 0 Å². The second-order valence-corrected chi connectivity index (χ2v) is 5.99. The molecule has 0 saturated carbocycles. The molecule has 1 aromatic heterocycles. The monoisotopic (exact) mass is 359 g/mol. The summed E-state index contributed by atoms with van der Waals surface area (Å²) < 4.78 is 11.2. The van der Waals surface area contributed by atoms with Crippen LogP contribution in [-0.4, -0.2) is 18.6 Å². The van der Waals surface area contributed by atoms with Gasteiger partial charge in [-0.3, -0.25) is 0 Å². The van der Waals surface area contributed by atoms with Crippen molar-refractivity contribution in [2.45, 2.75) is 13.5 Å². The Kier molecular flexibility index (Phi) is 5.91. The normalized spacial score (nSPS) is 10.7. The number of nitrogens with zero attached hydrogens (tertiary/aromatic N) is 3. The Morgan fingerprint density at radius 1 is 1.11 bits per heavy atom. The summed E-state index contributed by atoms with van der Waals surface area (Å²) in [6.07, 6.45) is 3.65. The third-order valence-corrected chi connectivity index (χ3v) is 3.95. The van der Waals surface area contributed by atoms with Crippen molar-refractivity contribution >= 4 is 18.0 Å². The summed E-state index contributed by atoms with van der Waals surface area (Å²) in [4.78, 5) is 6.16. The highest BCUT2D eigenvalue weighted by molar-refractivity contribution is 5.67. The number of aromatic nitrogens is 1. The predicted molar refractivity (Wildman–Crippen MR) is 106 cm³/mol. The Balaban J connectivity index is 1.74. The molecule has 0 radical (unpaired) electrons. The lowest BCUT2D eigenvalue weighted by molar-refractivity contribution is 0.340. The predicted octanol–water partition coefficient (Wildman–Crippen LogP) is 4.75. The SMILES string of the molecule is CCOc1ccc(/C=C/c2nc(C#N)c(N(C)Cc3ccccc3)o2)cc1. The van der Waals surface area contributed by atoms with E-state index in [4.69, 9.17) is 9.15 Å². The molecule has 3 aromatic rings. The largest absolute Gasteiger partial charge is 0.494 e. The molecule has 1 heterocycles. The maximum atomic E-state index is 9.38. The molecule has 0 aliphatic heterocycles. The number of ether oxygens (including phenoxy) is 1. The van der Waals surface area contributed by atoms with Crippen LogP contribution in [0, 0.1) is 11.3 Å². The van der Waals surface area contributed by atoms with Gasteiger partial charge in [0.2, 0.25) is 17.5 Å². The van der Waals surface area contributed by atoms with Gasteiger partial charge in [-0.25, -0.2) is 0 Å². The number of hydrogen-bond acceptors (Lipinski definition) is 5. The van der Waals surface area contributed by atoms with Gasteiger partial charge in [0.25, 0.3) is 0 Å². The molecule has 136 valence electrons. The van der Waals surface area contributed by atoms with Crippen LogP contribution in [0.25, 0.3) is 12.2 Å². The van der Waals surface area contributed by atoms with E-state index >= 15 is 0 Å². The molecule has 0 bridgehead atoms. The van der Waals surface area contributed by atoms with Crippen molar-refractivity contribution < 1.29 is 9.15 Å². The maximum Gasteiger partial charge on any atom is 0.235 e. The summed E-state index contributed by atoms with van der Waals surface area (Å²) in [5, 5.41) is 9.38. The number of oxazole rings is 1. The lowest BCUT2D eigenvalue weighted by atomic mass is 10.2. The van der Waals surface area contributed by atoms with Gasteiger partial charge in [0.05, 0.1) is 6.61 Å². The number of benzene rings is 2. The van der Waals surface area contributed by atoms with E-state index < -0.39 is 0 Å². The number of rotatable bonds is 7. The van der Waals surface area contributed by atoms with Gasteiger partial charge in [-0.2, -0.15) is 10.2 Å². The molecule has 0 fully saturated rings. The molecule has 0 N–H and O–H groups in total. The van der Waals surface area contributed by atoms with Crippen LogP contribution in [0.3, 0.4) is 0 Å². The molecule has 0 spiro atoms. The minimum Gasteiger partial charge on any atom is -0.494 e. The zero-order valence-corrected chi connectivity index (χ0v) is 15.4. The molecular weight excluding hydrogens is 338 g/mol. The first-order valence-electron chi connectivity index (χ1n) is 8.76. The van der Waals surface area contributed by atoms with Crippen molar-refractivity contribution in [3.8, 4) is 11.8 Å². The lowest BCUT2D eigenvalue weighted by Gasteiger charge is -2.15. The van der Waals surface area contributed by atoms with Gasteiger partial charge in [-0.1, -0.05) is 42.5 Å². The molecule has 5 nitrogen and oxygen atoms in total. The summed E-state index contributed by atoms with van der Waals surface area (Å²) >= 11 is 0. The van der Waals surface area contributed by atoms with E-state index in [1.54, 1.807) is 6.08 Å². The van der Waals surface area contributed by atoms with Crippen molar-refractivity contribution in [1.82, 2.24) is 4.98 Å². The highest BCUT2D eigenvalue weighted by Gasteiger charge is 2.16. The Morgan fingerprint density at radius 3 is 2.52 bits per heavy atom. The van der Waals surface area contributed by atoms with Crippen LogP contribution in [0.15, 0.2) is 59.0 Å². The first kappa shape index (κ1) is 18.3. The molecule has 5 heteroatoms. The number of anilines is 1. The Morgan fingerprint density at radius 2 is 1.85 bits per heavy atom. The van der Waals surface area contributed by atoms with E-state index in [0.717, 1.165) is 16.9 Å². The molecule has 27 heavy (non-hydrogen) atoms. The van der Waals surface area contributed by atoms with Crippen LogP contribution in [0.2, 0.25) is 0 Å². The Bertz CT molecular complexity index is 938. The molecule has 0 aliphatic rings. The average molecular weight is 359 g/mol. The standard InChI is InChI=1S/C22H21N3O2/c1-3-26-19-12-9-17(10-13-19)11-14-21-24-20(15-23)22(27-21)25(2)16-18-7-5-4-6-8-18/h4-14H,3,16H2,1-2H3/b14-11+. The third-order valence-electron chi connectivity index (χ3n) is 3.95. The van der Waals surface area contributed by atoms with Crippen molar-refractivity contribution in [2.75, 3.05) is 18.6 Å². The fourth-order valence-electron chi connectivity index (χ4n) is 2.67. The van der Waals surface area contributed by atoms with Crippen LogP contribution < -0.4 is 9.64 Å². The number of nitriles is 1. The van der Waals surface area contributed by atoms with Gasteiger partial charge in [0.15, 0.2) is 0 Å². The molecule has 0 aliphatic carbocycles. The van der Waals surface area contributed by atoms with Gasteiger partial charge >= 0.3 is 0 Å². The average Bonchev–Trinajstić information content (AvgIpc) is 3.12. The quantitative estimate of drug-likeness (QED) is 0.609. The molecule has 0 unspecified atom stereocenters. The minimum absolute atomic E-state index is 0.278. The number of hydrogen-bond donors (Lipinski definition) is 0. The summed E-state index contributed by atoms with van der Waals surface area (Å²) in [5.74, 6) is 1.70. The fourth-order valence-corrected chi connectivity index (χ4v) is 2.67. The second kappa shape index (κ2) is 8.72. The van der Waals surface area contributed by atoms with Crippen LogP contribution in [0.4, 0.5) is 5.88 Å². The smallest absolute Gasteiger partial charge is 0.235 e. The van der Waals surface area contributed by atoms with Gasteiger partial charge in [0.1, 0.15) is 11.8 Å². The Labute approximate surface area is 159 Å². The van der Waals surface area contributed by atoms with Gasteiger partial charge in [-0.15, -0.1) is 0 Å². The van der Waals surface area contributed by atoms with E-state index in [0.29, 0.717) is 24.9 Å². The van der Waals surface area contributed by atoms with Gasteiger partial charge in [-0.05, 0) is 36.3 Å². The van der Waals surface area contributed by atoms with E-state index in [2.05, 4.69) is 11.1 Å². The van der Waals surface area contributed by atoms with E-state index in [1.165, 1.54) is 0 Å². The Hall–Kier alpha value is -3.52. The van der Waals surface area contributed by atoms with E-state index in [9.17, 15) is 5.26 Å². The van der Waals surface area contributed by atoms with Crippen molar-refractivity contribution in [2.24, 2.45) is 0 Å². The van der Waals surface area contributed by atoms with E-state index in [1.807, 2.05) is 79.5 Å². The summed E-state index contributed by atoms with van der Waals surface area (Å²) in [5.41, 5.74) is 2.40. The molecular formula is C22H21N3O2. The topological polar surface area (TPSA) is 62.3 Å². The zero-order chi connectivity index (χ0) is 19.1. The first-order valence-corrected chi connectivity index (χ1v) is 8.76. The van der Waals surface area contributed by atoms with Gasteiger partial charge < -0.3 is 14.1 Å². The molecule has 0 atom stereocenters. The maximum absolute atomic E-state index is 9.38. The molecule has 2 aromatic carbocycles. The highest BCUT2D eigenvalue weighted by Crippen LogP contribution is 2.23. The lowest BCUT2D eigenvalue weighted by Crippen LogP contribution is -2.16. The summed E-state index contributed by atoms with van der Waals surface area (Å²) in [6, 6.07) is 19.9. The van der Waals surface area contributed by atoms with Crippen molar-refractivity contribution in [3.05, 3.63) is 77.3 Å². The van der Waals surface area contributed by atoms with Crippen LogP contribution in [0.5, 0.6) is 5.75 Å². The van der Waals surface area contributed by atoms with E-state index in [-0.39, 0.29) is 5.69 Å². The minimum atomic E-state index is 0.278. The molecule has 3 rings (SSSR count). The molecule has 0 amide bonds. The fraction of sp³-hybridized carbons (Fsp3) is 0.182. The molecule has 0 saturated heterocycles. The van der Waals surface area contributed by atoms with Crippen LogP contribution in [-0.2, 0) is 6.54 Å². The van der Waals surface area contributed by atoms with Crippen molar-refractivity contribution in [3.63, 3.8) is 0 Å². The summed E-state index contributed by atoms with van der Waals surface area (Å²) in [7, 11) is 1.88. The zero-order valence-electron chi connectivity index (χ0n) is 15.4. The summed E-state index contributed by atoms with van der Waals surface area (Å²) in [6.45, 7) is 3.23.